The number of amides is 1. The Kier molecular flexibility index (Phi) is 4.24. The number of nitrogens with one attached hydrogen (secondary N) is 1. The number of aromatic nitrogens is 1. The van der Waals surface area contributed by atoms with Crippen LogP contribution in [0.25, 0.3) is 0 Å². The molecule has 0 saturated carbocycles. The maximum absolute atomic E-state index is 12.3. The van der Waals surface area contributed by atoms with Gasteiger partial charge in [-0.1, -0.05) is 0 Å². The summed E-state index contributed by atoms with van der Waals surface area (Å²) in [5.41, 5.74) is 1.72. The molecule has 0 unspecified atom stereocenters. The summed E-state index contributed by atoms with van der Waals surface area (Å²) >= 11 is 0. The van der Waals surface area contributed by atoms with E-state index in [0.29, 0.717) is 25.4 Å². The monoisotopic (exact) mass is 264 g/mol. The predicted molar refractivity (Wildman–Crippen MR) is 70.8 cm³/mol. The van der Waals surface area contributed by atoms with Gasteiger partial charge in [-0.05, 0) is 31.2 Å². The molecule has 1 saturated heterocycles. The second-order valence-electron chi connectivity index (χ2n) is 5.07. The van der Waals surface area contributed by atoms with E-state index in [0.717, 1.165) is 24.0 Å². The van der Waals surface area contributed by atoms with E-state index in [1.54, 1.807) is 6.20 Å². The third-order valence-electron chi connectivity index (χ3n) is 3.77. The fourth-order valence-electron chi connectivity index (χ4n) is 2.50. The van der Waals surface area contributed by atoms with Gasteiger partial charge in [0, 0.05) is 31.9 Å². The molecule has 5 nitrogen and oxygen atoms in total. The lowest BCUT2D eigenvalue weighted by Crippen LogP contribution is -2.39. The van der Waals surface area contributed by atoms with Gasteiger partial charge < -0.3 is 14.6 Å². The fraction of sp³-hybridized carbons (Fsp3) is 0.571. The maximum Gasteiger partial charge on any atom is 0.305 e. The maximum atomic E-state index is 12.3. The molecule has 2 heterocycles. The summed E-state index contributed by atoms with van der Waals surface area (Å²) in [6.07, 6.45) is 5.77. The van der Waals surface area contributed by atoms with Crippen molar-refractivity contribution in [2.45, 2.75) is 26.2 Å². The molecule has 2 rings (SSSR count). The molecule has 19 heavy (non-hydrogen) atoms. The van der Waals surface area contributed by atoms with Gasteiger partial charge in [0.05, 0.1) is 12.7 Å². The number of esters is 1. The second-order valence-corrected chi connectivity index (χ2v) is 5.07. The van der Waals surface area contributed by atoms with Gasteiger partial charge in [0.15, 0.2) is 0 Å². The minimum absolute atomic E-state index is 0.0790. The van der Waals surface area contributed by atoms with Crippen LogP contribution in [-0.4, -0.2) is 42.0 Å². The van der Waals surface area contributed by atoms with Gasteiger partial charge in [-0.25, -0.2) is 0 Å². The van der Waals surface area contributed by atoms with Gasteiger partial charge in [-0.2, -0.15) is 0 Å². The van der Waals surface area contributed by atoms with Crippen LogP contribution in [0.4, 0.5) is 0 Å². The molecule has 1 N–H and O–H groups in total. The molecule has 0 spiro atoms. The van der Waals surface area contributed by atoms with Gasteiger partial charge in [-0.3, -0.25) is 9.59 Å². The van der Waals surface area contributed by atoms with Crippen LogP contribution in [-0.2, 0) is 9.53 Å². The molecule has 1 aliphatic heterocycles. The van der Waals surface area contributed by atoms with Gasteiger partial charge in [0.25, 0.3) is 5.91 Å². The zero-order valence-electron chi connectivity index (χ0n) is 11.4. The highest BCUT2D eigenvalue weighted by Gasteiger charge is 2.26. The molecule has 104 valence electrons. The van der Waals surface area contributed by atoms with Crippen LogP contribution in [0.3, 0.4) is 0 Å². The lowest BCUT2D eigenvalue weighted by molar-refractivity contribution is -0.142. The van der Waals surface area contributed by atoms with Crippen LogP contribution in [0.1, 0.15) is 35.2 Å². The molecule has 1 aromatic rings. The van der Waals surface area contributed by atoms with E-state index in [4.69, 9.17) is 0 Å². The number of piperidine rings is 1. The Morgan fingerprint density at radius 2 is 2.05 bits per heavy atom. The van der Waals surface area contributed by atoms with E-state index >= 15 is 0 Å². The number of hydrogen-bond donors (Lipinski definition) is 1. The van der Waals surface area contributed by atoms with Crippen molar-refractivity contribution < 1.29 is 14.3 Å². The topological polar surface area (TPSA) is 62.4 Å². The minimum atomic E-state index is -0.161. The summed E-state index contributed by atoms with van der Waals surface area (Å²) < 4.78 is 4.68. The normalized spacial score (nSPS) is 16.4. The number of ether oxygens (including phenoxy) is 1. The van der Waals surface area contributed by atoms with Gasteiger partial charge >= 0.3 is 5.97 Å². The van der Waals surface area contributed by atoms with Gasteiger partial charge in [0.1, 0.15) is 0 Å². The quantitative estimate of drug-likeness (QED) is 0.846. The molecule has 1 amide bonds. The standard InChI is InChI=1S/C14H20N2O3/c1-10-8-15-9-12(10)14(18)16-5-3-11(4-6-16)7-13(17)19-2/h8-9,11,15H,3-7H2,1-2H3. The number of carbonyl (C=O) groups is 2. The van der Waals surface area contributed by atoms with E-state index < -0.39 is 0 Å². The lowest BCUT2D eigenvalue weighted by atomic mass is 9.93. The molecule has 1 aromatic heterocycles. The highest BCUT2D eigenvalue weighted by atomic mass is 16.5. The highest BCUT2D eigenvalue weighted by molar-refractivity contribution is 5.95. The molecule has 0 radical (unpaired) electrons. The number of rotatable bonds is 3. The van der Waals surface area contributed by atoms with E-state index in [-0.39, 0.29) is 11.9 Å². The Labute approximate surface area is 112 Å². The van der Waals surface area contributed by atoms with Crippen LogP contribution in [0.15, 0.2) is 12.4 Å². The van der Waals surface area contributed by atoms with Crippen molar-refractivity contribution in [2.75, 3.05) is 20.2 Å². The number of methoxy groups -OCH3 is 1. The molecule has 0 aromatic carbocycles. The van der Waals surface area contributed by atoms with Crippen molar-refractivity contribution in [3.05, 3.63) is 23.5 Å². The lowest BCUT2D eigenvalue weighted by Gasteiger charge is -2.31. The van der Waals surface area contributed by atoms with E-state index in [1.807, 2.05) is 18.0 Å². The number of aryl methyl sites for hydroxylation is 1. The Balaban J connectivity index is 1.88. The smallest absolute Gasteiger partial charge is 0.305 e. The summed E-state index contributed by atoms with van der Waals surface area (Å²) in [5, 5.41) is 0. The third kappa shape index (κ3) is 3.16. The van der Waals surface area contributed by atoms with Crippen molar-refractivity contribution >= 4 is 11.9 Å². The first-order chi connectivity index (χ1) is 9.11. The van der Waals surface area contributed by atoms with Crippen LogP contribution < -0.4 is 0 Å². The number of carbonyl (C=O) groups excluding carboxylic acids is 2. The zero-order chi connectivity index (χ0) is 13.8. The van der Waals surface area contributed by atoms with E-state index in [9.17, 15) is 9.59 Å². The number of aromatic amines is 1. The Morgan fingerprint density at radius 3 is 2.58 bits per heavy atom. The van der Waals surface area contributed by atoms with Crippen LogP contribution in [0.5, 0.6) is 0 Å². The van der Waals surface area contributed by atoms with Crippen LogP contribution >= 0.6 is 0 Å². The van der Waals surface area contributed by atoms with E-state index in [1.165, 1.54) is 7.11 Å². The largest absolute Gasteiger partial charge is 0.469 e. The molecule has 0 aliphatic carbocycles. The SMILES string of the molecule is COC(=O)CC1CCN(C(=O)c2c[nH]cc2C)CC1. The Bertz CT molecular complexity index is 459. The molecule has 0 bridgehead atoms. The summed E-state index contributed by atoms with van der Waals surface area (Å²) in [6.45, 7) is 3.35. The highest BCUT2D eigenvalue weighted by Crippen LogP contribution is 2.22. The zero-order valence-corrected chi connectivity index (χ0v) is 11.4. The van der Waals surface area contributed by atoms with Crippen LogP contribution in [0, 0.1) is 12.8 Å². The third-order valence-corrected chi connectivity index (χ3v) is 3.77. The van der Waals surface area contributed by atoms with Crippen molar-refractivity contribution in [1.29, 1.82) is 0 Å². The average Bonchev–Trinajstić information content (AvgIpc) is 2.85. The molecule has 1 fully saturated rings. The number of hydrogen-bond acceptors (Lipinski definition) is 3. The number of nitrogens with zero attached hydrogens (tertiary/aromatic N) is 1. The van der Waals surface area contributed by atoms with Gasteiger partial charge in [-0.15, -0.1) is 0 Å². The van der Waals surface area contributed by atoms with Crippen molar-refractivity contribution in [3.8, 4) is 0 Å². The predicted octanol–water partition coefficient (Wildman–Crippen LogP) is 1.74. The molecule has 0 atom stereocenters. The number of H-pyrrole nitrogens is 1. The number of likely N-dealkylation sites (tertiary alicyclic amines) is 1. The van der Waals surface area contributed by atoms with Crippen LogP contribution in [0.2, 0.25) is 0 Å². The van der Waals surface area contributed by atoms with Crippen molar-refractivity contribution in [1.82, 2.24) is 9.88 Å². The molecule has 1 aliphatic rings. The summed E-state index contributed by atoms with van der Waals surface area (Å²) in [5.74, 6) is 0.255. The molecular weight excluding hydrogens is 244 g/mol. The Morgan fingerprint density at radius 1 is 1.37 bits per heavy atom. The average molecular weight is 264 g/mol. The second kappa shape index (κ2) is 5.91. The first kappa shape index (κ1) is 13.6. The van der Waals surface area contributed by atoms with E-state index in [2.05, 4.69) is 9.72 Å². The Hall–Kier alpha value is -1.78. The molecule has 5 heteroatoms. The first-order valence-electron chi connectivity index (χ1n) is 6.61. The first-order valence-corrected chi connectivity index (χ1v) is 6.61. The summed E-state index contributed by atoms with van der Waals surface area (Å²) in [4.78, 5) is 28.3. The summed E-state index contributed by atoms with van der Waals surface area (Å²) in [7, 11) is 1.41. The summed E-state index contributed by atoms with van der Waals surface area (Å²) in [6, 6.07) is 0. The van der Waals surface area contributed by atoms with Crippen molar-refractivity contribution in [2.24, 2.45) is 5.92 Å². The van der Waals surface area contributed by atoms with Crippen molar-refractivity contribution in [3.63, 3.8) is 0 Å². The fourth-order valence-corrected chi connectivity index (χ4v) is 2.50. The molecular formula is C14H20N2O3. The van der Waals surface area contributed by atoms with Gasteiger partial charge in [0.2, 0.25) is 0 Å². The minimum Gasteiger partial charge on any atom is -0.469 e.